The first-order chi connectivity index (χ1) is 12.6. The summed E-state index contributed by atoms with van der Waals surface area (Å²) in [4.78, 5) is 41.8. The number of carbonyl (C=O) groups excluding carboxylic acids is 3. The molecule has 2 aromatic rings. The molecule has 0 bridgehead atoms. The van der Waals surface area contributed by atoms with Crippen molar-refractivity contribution in [1.29, 1.82) is 0 Å². The Labute approximate surface area is 151 Å². The minimum Gasteiger partial charge on any atom is -0.345 e. The SMILES string of the molecule is CCC(NC(=O)c1ccccc1N1CCC(=O)NC1=O)c1ccncc1. The molecule has 4 amide bonds. The summed E-state index contributed by atoms with van der Waals surface area (Å²) in [5.74, 6) is -0.578. The average Bonchev–Trinajstić information content (AvgIpc) is 2.66. The van der Waals surface area contributed by atoms with E-state index in [1.54, 1.807) is 36.7 Å². The van der Waals surface area contributed by atoms with Gasteiger partial charge in [0, 0.05) is 25.4 Å². The zero-order chi connectivity index (χ0) is 18.5. The van der Waals surface area contributed by atoms with E-state index in [4.69, 9.17) is 0 Å². The Kier molecular flexibility index (Phi) is 5.26. The van der Waals surface area contributed by atoms with Crippen molar-refractivity contribution in [2.45, 2.75) is 25.8 Å². The molecule has 0 aliphatic carbocycles. The lowest BCUT2D eigenvalue weighted by atomic mass is 10.0. The van der Waals surface area contributed by atoms with Crippen molar-refractivity contribution >= 4 is 23.5 Å². The van der Waals surface area contributed by atoms with Crippen molar-refractivity contribution in [3.05, 3.63) is 59.9 Å². The Morgan fingerprint density at radius 2 is 1.96 bits per heavy atom. The maximum atomic E-state index is 12.9. The number of aromatic nitrogens is 1. The molecule has 7 nitrogen and oxygen atoms in total. The molecular formula is C19H20N4O3. The Morgan fingerprint density at radius 3 is 2.65 bits per heavy atom. The number of urea groups is 1. The lowest BCUT2D eigenvalue weighted by Gasteiger charge is -2.28. The third kappa shape index (κ3) is 3.72. The van der Waals surface area contributed by atoms with Crippen LogP contribution in [0.2, 0.25) is 0 Å². The number of pyridine rings is 1. The quantitative estimate of drug-likeness (QED) is 0.864. The zero-order valence-electron chi connectivity index (χ0n) is 14.4. The predicted molar refractivity (Wildman–Crippen MR) is 96.7 cm³/mol. The monoisotopic (exact) mass is 352 g/mol. The molecule has 1 atom stereocenters. The van der Waals surface area contributed by atoms with E-state index in [2.05, 4.69) is 15.6 Å². The second kappa shape index (κ2) is 7.77. The first-order valence-electron chi connectivity index (χ1n) is 8.51. The summed E-state index contributed by atoms with van der Waals surface area (Å²) < 4.78 is 0. The molecule has 7 heteroatoms. The van der Waals surface area contributed by atoms with Gasteiger partial charge in [-0.1, -0.05) is 19.1 Å². The zero-order valence-corrected chi connectivity index (χ0v) is 14.4. The van der Waals surface area contributed by atoms with Crippen LogP contribution in [0.4, 0.5) is 10.5 Å². The molecule has 1 aliphatic heterocycles. The van der Waals surface area contributed by atoms with E-state index in [1.165, 1.54) is 4.90 Å². The highest BCUT2D eigenvalue weighted by atomic mass is 16.2. The van der Waals surface area contributed by atoms with Crippen molar-refractivity contribution in [2.75, 3.05) is 11.4 Å². The van der Waals surface area contributed by atoms with Crippen LogP contribution in [0.5, 0.6) is 0 Å². The molecule has 1 aromatic carbocycles. The Hall–Kier alpha value is -3.22. The number of amides is 4. The first kappa shape index (κ1) is 17.6. The van der Waals surface area contributed by atoms with Gasteiger partial charge in [0.25, 0.3) is 5.91 Å². The van der Waals surface area contributed by atoms with Gasteiger partial charge in [0.15, 0.2) is 0 Å². The van der Waals surface area contributed by atoms with E-state index >= 15 is 0 Å². The Balaban J connectivity index is 1.84. The lowest BCUT2D eigenvalue weighted by Crippen LogP contribution is -2.50. The maximum absolute atomic E-state index is 12.9. The Morgan fingerprint density at radius 1 is 1.23 bits per heavy atom. The molecule has 3 rings (SSSR count). The van der Waals surface area contributed by atoms with Gasteiger partial charge in [-0.3, -0.25) is 24.8 Å². The number of hydrogen-bond acceptors (Lipinski definition) is 4. The summed E-state index contributed by atoms with van der Waals surface area (Å²) >= 11 is 0. The van der Waals surface area contributed by atoms with E-state index < -0.39 is 6.03 Å². The molecule has 134 valence electrons. The van der Waals surface area contributed by atoms with Crippen molar-refractivity contribution in [1.82, 2.24) is 15.6 Å². The van der Waals surface area contributed by atoms with Crippen LogP contribution >= 0.6 is 0 Å². The van der Waals surface area contributed by atoms with Crippen molar-refractivity contribution in [2.24, 2.45) is 0 Å². The molecular weight excluding hydrogens is 332 g/mol. The van der Waals surface area contributed by atoms with Gasteiger partial charge in [0.2, 0.25) is 5.91 Å². The molecule has 2 N–H and O–H groups in total. The molecule has 2 heterocycles. The van der Waals surface area contributed by atoms with Crippen LogP contribution in [-0.2, 0) is 4.79 Å². The lowest BCUT2D eigenvalue weighted by molar-refractivity contribution is -0.120. The number of benzene rings is 1. The molecule has 0 spiro atoms. The number of carbonyl (C=O) groups is 3. The normalized spacial score (nSPS) is 15.3. The fourth-order valence-electron chi connectivity index (χ4n) is 2.95. The standard InChI is InChI=1S/C19H20N4O3/c1-2-15(13-7-10-20-11-8-13)21-18(25)14-5-3-4-6-16(14)23-12-9-17(24)22-19(23)26/h3-8,10-11,15H,2,9,12H2,1H3,(H,21,25)(H,22,24,26). The van der Waals surface area contributed by atoms with Gasteiger partial charge in [-0.2, -0.15) is 0 Å². The molecule has 1 fully saturated rings. The summed E-state index contributed by atoms with van der Waals surface area (Å²) in [5.41, 5.74) is 1.85. The fourth-order valence-corrected chi connectivity index (χ4v) is 2.95. The van der Waals surface area contributed by atoms with Crippen LogP contribution in [0.15, 0.2) is 48.8 Å². The summed E-state index contributed by atoms with van der Waals surface area (Å²) in [6, 6.07) is 9.95. The molecule has 0 radical (unpaired) electrons. The fraction of sp³-hybridized carbons (Fsp3) is 0.263. The Bertz CT molecular complexity index is 823. The van der Waals surface area contributed by atoms with Crippen molar-refractivity contribution in [3.63, 3.8) is 0 Å². The molecule has 26 heavy (non-hydrogen) atoms. The summed E-state index contributed by atoms with van der Waals surface area (Å²) in [6.45, 7) is 2.23. The van der Waals surface area contributed by atoms with Crippen molar-refractivity contribution < 1.29 is 14.4 Å². The minimum atomic E-state index is -0.511. The van der Waals surface area contributed by atoms with Crippen LogP contribution < -0.4 is 15.5 Å². The smallest absolute Gasteiger partial charge is 0.328 e. The molecule has 1 aliphatic rings. The number of hydrogen-bond donors (Lipinski definition) is 2. The highest BCUT2D eigenvalue weighted by Gasteiger charge is 2.27. The third-order valence-corrected chi connectivity index (χ3v) is 4.32. The second-order valence-electron chi connectivity index (χ2n) is 5.99. The van der Waals surface area contributed by atoms with Gasteiger partial charge in [-0.25, -0.2) is 4.79 Å². The molecule has 1 aromatic heterocycles. The summed E-state index contributed by atoms with van der Waals surface area (Å²) in [7, 11) is 0. The molecule has 1 saturated heterocycles. The number of nitrogens with one attached hydrogen (secondary N) is 2. The highest BCUT2D eigenvalue weighted by Crippen LogP contribution is 2.24. The topological polar surface area (TPSA) is 91.4 Å². The number of imide groups is 1. The second-order valence-corrected chi connectivity index (χ2v) is 5.99. The maximum Gasteiger partial charge on any atom is 0.328 e. The van der Waals surface area contributed by atoms with E-state index in [-0.39, 0.29) is 30.8 Å². The van der Waals surface area contributed by atoms with Gasteiger partial charge in [-0.15, -0.1) is 0 Å². The van der Waals surface area contributed by atoms with Crippen LogP contribution in [0.3, 0.4) is 0 Å². The van der Waals surface area contributed by atoms with E-state index in [0.717, 1.165) is 12.0 Å². The van der Waals surface area contributed by atoms with Gasteiger partial charge < -0.3 is 5.32 Å². The van der Waals surface area contributed by atoms with Crippen LogP contribution in [0, 0.1) is 0 Å². The molecule has 1 unspecified atom stereocenters. The highest BCUT2D eigenvalue weighted by molar-refractivity contribution is 6.09. The number of para-hydroxylation sites is 1. The third-order valence-electron chi connectivity index (χ3n) is 4.32. The van der Waals surface area contributed by atoms with Gasteiger partial charge >= 0.3 is 6.03 Å². The van der Waals surface area contributed by atoms with Crippen molar-refractivity contribution in [3.8, 4) is 0 Å². The van der Waals surface area contributed by atoms with Gasteiger partial charge in [0.1, 0.15) is 0 Å². The number of nitrogens with zero attached hydrogens (tertiary/aromatic N) is 2. The van der Waals surface area contributed by atoms with Crippen LogP contribution in [0.25, 0.3) is 0 Å². The summed E-state index contributed by atoms with van der Waals surface area (Å²) in [5, 5.41) is 5.29. The van der Waals surface area contributed by atoms with Crippen LogP contribution in [-0.4, -0.2) is 29.4 Å². The predicted octanol–water partition coefficient (Wildman–Crippen LogP) is 2.41. The van der Waals surface area contributed by atoms with Crippen LogP contribution in [0.1, 0.15) is 41.7 Å². The van der Waals surface area contributed by atoms with E-state index in [1.807, 2.05) is 19.1 Å². The largest absolute Gasteiger partial charge is 0.345 e. The van der Waals surface area contributed by atoms with E-state index in [9.17, 15) is 14.4 Å². The molecule has 0 saturated carbocycles. The number of rotatable bonds is 5. The van der Waals surface area contributed by atoms with Gasteiger partial charge in [-0.05, 0) is 36.2 Å². The minimum absolute atomic E-state index is 0.157. The van der Waals surface area contributed by atoms with Gasteiger partial charge in [0.05, 0.1) is 17.3 Å². The average molecular weight is 352 g/mol. The summed E-state index contributed by atoms with van der Waals surface area (Å²) in [6.07, 6.45) is 4.30. The van der Waals surface area contributed by atoms with E-state index in [0.29, 0.717) is 11.3 Å². The number of anilines is 1. The first-order valence-corrected chi connectivity index (χ1v) is 8.51.